The van der Waals surface area contributed by atoms with Crippen LogP contribution in [0.15, 0.2) is 11.4 Å². The van der Waals surface area contributed by atoms with Gasteiger partial charge in [0.05, 0.1) is 12.4 Å². The number of carbonyl (C=O) groups is 1. The van der Waals surface area contributed by atoms with Gasteiger partial charge in [-0.15, -0.1) is 0 Å². The van der Waals surface area contributed by atoms with Crippen molar-refractivity contribution in [3.05, 3.63) is 17.0 Å². The third kappa shape index (κ3) is 3.64. The SMILES string of the molecule is CCOC(=O)CSc1ncnc(Cl)c1CC. The number of aromatic nitrogens is 2. The minimum atomic E-state index is -0.246. The van der Waals surface area contributed by atoms with Gasteiger partial charge in [-0.25, -0.2) is 9.97 Å². The summed E-state index contributed by atoms with van der Waals surface area (Å²) in [5.74, 6) is -0.00180. The van der Waals surface area contributed by atoms with Gasteiger partial charge in [0, 0.05) is 5.56 Å². The second-order valence-corrected chi connectivity index (χ2v) is 4.22. The molecule has 0 bridgehead atoms. The highest BCUT2D eigenvalue weighted by atomic mass is 35.5. The fourth-order valence-electron chi connectivity index (χ4n) is 1.13. The van der Waals surface area contributed by atoms with E-state index in [4.69, 9.17) is 16.3 Å². The molecule has 1 rings (SSSR count). The highest BCUT2D eigenvalue weighted by Gasteiger charge is 2.10. The summed E-state index contributed by atoms with van der Waals surface area (Å²) < 4.78 is 4.83. The Bertz CT molecular complexity index is 374. The average Bonchev–Trinajstić information content (AvgIpc) is 2.27. The van der Waals surface area contributed by atoms with Crippen molar-refractivity contribution in [2.24, 2.45) is 0 Å². The zero-order valence-corrected chi connectivity index (χ0v) is 10.8. The van der Waals surface area contributed by atoms with Crippen LogP contribution in [0.5, 0.6) is 0 Å². The molecule has 0 N–H and O–H groups in total. The zero-order chi connectivity index (χ0) is 12.0. The van der Waals surface area contributed by atoms with Crippen LogP contribution in [0.4, 0.5) is 0 Å². The maximum absolute atomic E-state index is 11.2. The molecule has 0 aliphatic carbocycles. The molecule has 0 atom stereocenters. The monoisotopic (exact) mass is 260 g/mol. The van der Waals surface area contributed by atoms with E-state index in [-0.39, 0.29) is 11.7 Å². The Morgan fingerprint density at radius 2 is 2.25 bits per heavy atom. The molecule has 0 unspecified atom stereocenters. The highest BCUT2D eigenvalue weighted by Crippen LogP contribution is 2.25. The first-order chi connectivity index (χ1) is 7.69. The summed E-state index contributed by atoms with van der Waals surface area (Å²) in [5, 5.41) is 1.19. The number of rotatable bonds is 5. The standard InChI is InChI=1S/C10H13ClN2O2S/c1-3-7-9(11)12-6-13-10(7)16-5-8(14)15-4-2/h6H,3-5H2,1-2H3. The van der Waals surface area contributed by atoms with Gasteiger partial charge in [-0.3, -0.25) is 4.79 Å². The molecule has 0 radical (unpaired) electrons. The van der Waals surface area contributed by atoms with Gasteiger partial charge >= 0.3 is 5.97 Å². The van der Waals surface area contributed by atoms with E-state index in [1.807, 2.05) is 6.92 Å². The Kier molecular flexibility index (Phi) is 5.55. The summed E-state index contributed by atoms with van der Waals surface area (Å²) in [4.78, 5) is 19.2. The molecular weight excluding hydrogens is 248 g/mol. The van der Waals surface area contributed by atoms with Crippen molar-refractivity contribution in [3.8, 4) is 0 Å². The van der Waals surface area contributed by atoms with E-state index in [1.54, 1.807) is 6.92 Å². The maximum Gasteiger partial charge on any atom is 0.316 e. The normalized spacial score (nSPS) is 10.2. The van der Waals surface area contributed by atoms with E-state index < -0.39 is 0 Å². The van der Waals surface area contributed by atoms with Crippen molar-refractivity contribution in [2.45, 2.75) is 25.3 Å². The molecule has 0 amide bonds. The summed E-state index contributed by atoms with van der Waals surface area (Å²) in [6, 6.07) is 0. The number of ether oxygens (including phenoxy) is 1. The van der Waals surface area contributed by atoms with Crippen molar-refractivity contribution in [2.75, 3.05) is 12.4 Å². The van der Waals surface area contributed by atoms with Gasteiger partial charge in [-0.05, 0) is 13.3 Å². The Hall–Kier alpha value is -0.810. The summed E-state index contributed by atoms with van der Waals surface area (Å²) in [5.41, 5.74) is 0.874. The fraction of sp³-hybridized carbons (Fsp3) is 0.500. The molecule has 1 heterocycles. The van der Waals surface area contributed by atoms with Crippen LogP contribution in [0.25, 0.3) is 0 Å². The van der Waals surface area contributed by atoms with Crippen molar-refractivity contribution >= 4 is 29.3 Å². The summed E-state index contributed by atoms with van der Waals surface area (Å²) >= 11 is 7.25. The maximum atomic E-state index is 11.2. The number of halogens is 1. The van der Waals surface area contributed by atoms with Crippen molar-refractivity contribution in [3.63, 3.8) is 0 Å². The van der Waals surface area contributed by atoms with Crippen molar-refractivity contribution < 1.29 is 9.53 Å². The summed E-state index contributed by atoms with van der Waals surface area (Å²) in [7, 11) is 0. The first kappa shape index (κ1) is 13.3. The topological polar surface area (TPSA) is 52.1 Å². The van der Waals surface area contributed by atoms with Gasteiger partial charge < -0.3 is 4.74 Å². The first-order valence-electron chi connectivity index (χ1n) is 4.96. The van der Waals surface area contributed by atoms with Crippen molar-refractivity contribution in [1.29, 1.82) is 0 Å². The number of hydrogen-bond donors (Lipinski definition) is 0. The van der Waals surface area contributed by atoms with Gasteiger partial charge in [0.25, 0.3) is 0 Å². The minimum Gasteiger partial charge on any atom is -0.465 e. The molecule has 0 fully saturated rings. The van der Waals surface area contributed by atoms with Gasteiger partial charge in [-0.1, -0.05) is 30.3 Å². The van der Waals surface area contributed by atoms with Crippen molar-refractivity contribution in [1.82, 2.24) is 9.97 Å². The Labute approximate surface area is 104 Å². The molecule has 0 aliphatic heterocycles. The van der Waals surface area contributed by atoms with E-state index in [2.05, 4.69) is 9.97 Å². The molecule has 1 aromatic rings. The molecule has 1 aromatic heterocycles. The molecule has 0 saturated carbocycles. The van der Waals surface area contributed by atoms with E-state index in [0.29, 0.717) is 11.8 Å². The molecule has 0 saturated heterocycles. The molecule has 16 heavy (non-hydrogen) atoms. The molecule has 4 nitrogen and oxygen atoms in total. The van der Waals surface area contributed by atoms with Gasteiger partial charge in [0.1, 0.15) is 16.5 Å². The van der Waals surface area contributed by atoms with Gasteiger partial charge in [-0.2, -0.15) is 0 Å². The minimum absolute atomic E-state index is 0.244. The van der Waals surface area contributed by atoms with E-state index in [9.17, 15) is 4.79 Å². The highest BCUT2D eigenvalue weighted by molar-refractivity contribution is 7.99. The molecule has 0 aliphatic rings. The average molecular weight is 261 g/mol. The van der Waals surface area contributed by atoms with E-state index in [0.717, 1.165) is 17.0 Å². The number of hydrogen-bond acceptors (Lipinski definition) is 5. The number of thioether (sulfide) groups is 1. The van der Waals surface area contributed by atoms with Crippen LogP contribution >= 0.6 is 23.4 Å². The quantitative estimate of drug-likeness (QED) is 0.462. The van der Waals surface area contributed by atoms with Crippen LogP contribution in [-0.2, 0) is 16.0 Å². The van der Waals surface area contributed by atoms with Gasteiger partial charge in [0.2, 0.25) is 0 Å². The lowest BCUT2D eigenvalue weighted by molar-refractivity contribution is -0.139. The molecular formula is C10H13ClN2O2S. The fourth-order valence-corrected chi connectivity index (χ4v) is 2.33. The predicted octanol–water partition coefficient (Wildman–Crippen LogP) is 2.35. The van der Waals surface area contributed by atoms with Crippen LogP contribution < -0.4 is 0 Å². The number of nitrogens with zero attached hydrogens (tertiary/aromatic N) is 2. The first-order valence-corrected chi connectivity index (χ1v) is 6.33. The lowest BCUT2D eigenvalue weighted by Gasteiger charge is -2.06. The molecule has 0 aromatic carbocycles. The second kappa shape index (κ2) is 6.70. The van der Waals surface area contributed by atoms with E-state index >= 15 is 0 Å². The van der Waals surface area contributed by atoms with Crippen LogP contribution in [0.3, 0.4) is 0 Å². The number of esters is 1. The zero-order valence-electron chi connectivity index (χ0n) is 9.20. The Morgan fingerprint density at radius 1 is 1.50 bits per heavy atom. The third-order valence-corrected chi connectivity index (χ3v) is 3.17. The lowest BCUT2D eigenvalue weighted by atomic mass is 10.3. The lowest BCUT2D eigenvalue weighted by Crippen LogP contribution is -2.07. The van der Waals surface area contributed by atoms with Gasteiger partial charge in [0.15, 0.2) is 0 Å². The predicted molar refractivity (Wildman–Crippen MR) is 63.8 cm³/mol. The Balaban J connectivity index is 2.66. The number of carbonyl (C=O) groups excluding carboxylic acids is 1. The third-order valence-electron chi connectivity index (χ3n) is 1.84. The van der Waals surface area contributed by atoms with Crippen LogP contribution in [0, 0.1) is 0 Å². The summed E-state index contributed by atoms with van der Waals surface area (Å²) in [6.45, 7) is 4.14. The Morgan fingerprint density at radius 3 is 2.88 bits per heavy atom. The summed E-state index contributed by atoms with van der Waals surface area (Å²) in [6.07, 6.45) is 2.14. The smallest absolute Gasteiger partial charge is 0.316 e. The van der Waals surface area contributed by atoms with Crippen LogP contribution in [-0.4, -0.2) is 28.3 Å². The second-order valence-electron chi connectivity index (χ2n) is 2.90. The van der Waals surface area contributed by atoms with Crippen LogP contribution in [0.2, 0.25) is 5.15 Å². The molecule has 6 heteroatoms. The molecule has 88 valence electrons. The van der Waals surface area contributed by atoms with Crippen LogP contribution in [0.1, 0.15) is 19.4 Å². The molecule has 0 spiro atoms. The largest absolute Gasteiger partial charge is 0.465 e. The van der Waals surface area contributed by atoms with E-state index in [1.165, 1.54) is 18.1 Å².